The Morgan fingerprint density at radius 2 is 2.29 bits per heavy atom. The van der Waals surface area contributed by atoms with E-state index < -0.39 is 0 Å². The van der Waals surface area contributed by atoms with E-state index in [1.165, 1.54) is 6.07 Å². The Bertz CT molecular complexity index is 536. The number of halogens is 1. The Hall–Kier alpha value is -1.88. The molecule has 0 aliphatic carbocycles. The fourth-order valence-electron chi connectivity index (χ4n) is 1.64. The molecule has 17 heavy (non-hydrogen) atoms. The zero-order valence-corrected chi connectivity index (χ0v) is 9.29. The van der Waals surface area contributed by atoms with Crippen molar-refractivity contribution in [2.75, 3.05) is 13.1 Å². The normalized spacial score (nSPS) is 10.7. The molecule has 4 N–H and O–H groups in total. The first-order chi connectivity index (χ1) is 8.22. The summed E-state index contributed by atoms with van der Waals surface area (Å²) in [5.74, 6) is -0.599. The topological polar surface area (TPSA) is 70.9 Å². The van der Waals surface area contributed by atoms with E-state index in [-0.39, 0.29) is 11.7 Å². The second-order valence-electron chi connectivity index (χ2n) is 3.79. The molecule has 0 aliphatic heterocycles. The lowest BCUT2D eigenvalue weighted by molar-refractivity contribution is 0.0949. The largest absolute Gasteiger partial charge is 0.351 e. The number of benzene rings is 1. The molecule has 0 spiro atoms. The maximum absolute atomic E-state index is 13.4. The number of fused-ring (bicyclic) bond motifs is 1. The van der Waals surface area contributed by atoms with Crippen LogP contribution in [0.4, 0.5) is 4.39 Å². The van der Waals surface area contributed by atoms with Gasteiger partial charge in [-0.25, -0.2) is 4.39 Å². The van der Waals surface area contributed by atoms with E-state index >= 15 is 0 Å². The molecule has 0 unspecified atom stereocenters. The van der Waals surface area contributed by atoms with Crippen molar-refractivity contribution >= 4 is 16.8 Å². The summed E-state index contributed by atoms with van der Waals surface area (Å²) in [5, 5.41) is 3.40. The van der Waals surface area contributed by atoms with Crippen molar-refractivity contribution in [2.24, 2.45) is 5.73 Å². The highest BCUT2D eigenvalue weighted by Gasteiger charge is 2.10. The van der Waals surface area contributed by atoms with Gasteiger partial charge in [-0.15, -0.1) is 0 Å². The molecule has 0 fully saturated rings. The third-order valence-electron chi connectivity index (χ3n) is 2.52. The molecule has 0 radical (unpaired) electrons. The lowest BCUT2D eigenvalue weighted by atomic mass is 10.2. The summed E-state index contributed by atoms with van der Waals surface area (Å²) in [4.78, 5) is 14.5. The van der Waals surface area contributed by atoms with E-state index in [2.05, 4.69) is 10.3 Å². The van der Waals surface area contributed by atoms with Crippen molar-refractivity contribution in [1.82, 2.24) is 10.3 Å². The highest BCUT2D eigenvalue weighted by atomic mass is 19.1. The van der Waals surface area contributed by atoms with Gasteiger partial charge in [0, 0.05) is 11.9 Å². The first-order valence-electron chi connectivity index (χ1n) is 5.48. The van der Waals surface area contributed by atoms with E-state index in [1.54, 1.807) is 18.2 Å². The van der Waals surface area contributed by atoms with Crippen molar-refractivity contribution < 1.29 is 9.18 Å². The summed E-state index contributed by atoms with van der Waals surface area (Å²) >= 11 is 0. The number of carbonyl (C=O) groups is 1. The molecule has 2 aromatic rings. The number of hydrogen-bond donors (Lipinski definition) is 3. The molecule has 1 amide bonds. The van der Waals surface area contributed by atoms with Crippen LogP contribution in [-0.2, 0) is 0 Å². The predicted molar refractivity (Wildman–Crippen MR) is 64.3 cm³/mol. The highest BCUT2D eigenvalue weighted by Crippen LogP contribution is 2.18. The van der Waals surface area contributed by atoms with Crippen LogP contribution in [-0.4, -0.2) is 24.0 Å². The molecule has 1 aromatic carbocycles. The molecule has 0 saturated carbocycles. The van der Waals surface area contributed by atoms with Gasteiger partial charge in [-0.05, 0) is 25.1 Å². The first kappa shape index (κ1) is 11.6. The van der Waals surface area contributed by atoms with Crippen molar-refractivity contribution in [3.05, 3.63) is 35.8 Å². The van der Waals surface area contributed by atoms with Gasteiger partial charge in [-0.2, -0.15) is 0 Å². The van der Waals surface area contributed by atoms with Crippen molar-refractivity contribution in [3.63, 3.8) is 0 Å². The van der Waals surface area contributed by atoms with Crippen LogP contribution in [0.5, 0.6) is 0 Å². The smallest absolute Gasteiger partial charge is 0.267 e. The molecular weight excluding hydrogens is 221 g/mol. The van der Waals surface area contributed by atoms with Crippen LogP contribution < -0.4 is 11.1 Å². The second kappa shape index (κ2) is 4.97. The number of H-pyrrole nitrogens is 1. The molecule has 0 aliphatic rings. The molecule has 2 rings (SSSR count). The van der Waals surface area contributed by atoms with Crippen molar-refractivity contribution in [1.29, 1.82) is 0 Å². The summed E-state index contributed by atoms with van der Waals surface area (Å²) < 4.78 is 13.4. The van der Waals surface area contributed by atoms with E-state index in [9.17, 15) is 9.18 Å². The standard InChI is InChI=1S/C12H14FN3O/c13-9-4-1-3-8-7-10(16-11(8)9)12(17)15-6-2-5-14/h1,3-4,7,16H,2,5-6,14H2,(H,15,17). The summed E-state index contributed by atoms with van der Waals surface area (Å²) in [7, 11) is 0. The third-order valence-corrected chi connectivity index (χ3v) is 2.52. The van der Waals surface area contributed by atoms with Gasteiger partial charge in [0.15, 0.2) is 0 Å². The van der Waals surface area contributed by atoms with Crippen LogP contribution in [0.15, 0.2) is 24.3 Å². The summed E-state index contributed by atoms with van der Waals surface area (Å²) in [6, 6.07) is 6.36. The molecule has 0 atom stereocenters. The van der Waals surface area contributed by atoms with Crippen LogP contribution in [0, 0.1) is 5.82 Å². The Labute approximate surface area is 98.0 Å². The van der Waals surface area contributed by atoms with Gasteiger partial charge in [0.1, 0.15) is 11.5 Å². The number of para-hydroxylation sites is 1. The Morgan fingerprint density at radius 1 is 1.47 bits per heavy atom. The Morgan fingerprint density at radius 3 is 3.00 bits per heavy atom. The number of rotatable bonds is 4. The molecule has 90 valence electrons. The molecule has 0 saturated heterocycles. The first-order valence-corrected chi connectivity index (χ1v) is 5.48. The van der Waals surface area contributed by atoms with E-state index in [0.717, 1.165) is 6.42 Å². The van der Waals surface area contributed by atoms with Gasteiger partial charge in [-0.1, -0.05) is 12.1 Å². The van der Waals surface area contributed by atoms with Gasteiger partial charge in [0.2, 0.25) is 0 Å². The Kier molecular flexibility index (Phi) is 3.39. The van der Waals surface area contributed by atoms with Crippen LogP contribution in [0.3, 0.4) is 0 Å². The minimum absolute atomic E-state index is 0.242. The van der Waals surface area contributed by atoms with Gasteiger partial charge in [-0.3, -0.25) is 4.79 Å². The fraction of sp³-hybridized carbons (Fsp3) is 0.250. The lowest BCUT2D eigenvalue weighted by Gasteiger charge is -2.01. The zero-order chi connectivity index (χ0) is 12.3. The van der Waals surface area contributed by atoms with E-state index in [4.69, 9.17) is 5.73 Å². The van der Waals surface area contributed by atoms with Crippen LogP contribution in [0.1, 0.15) is 16.9 Å². The molecule has 1 heterocycles. The SMILES string of the molecule is NCCCNC(=O)c1cc2cccc(F)c2[nH]1. The number of aromatic amines is 1. The molecule has 1 aromatic heterocycles. The zero-order valence-electron chi connectivity index (χ0n) is 9.29. The maximum Gasteiger partial charge on any atom is 0.267 e. The van der Waals surface area contributed by atoms with Gasteiger partial charge in [0.25, 0.3) is 5.91 Å². The minimum Gasteiger partial charge on any atom is -0.351 e. The fourth-order valence-corrected chi connectivity index (χ4v) is 1.64. The monoisotopic (exact) mass is 235 g/mol. The molecule has 4 nitrogen and oxygen atoms in total. The lowest BCUT2D eigenvalue weighted by Crippen LogP contribution is -2.26. The number of hydrogen-bond acceptors (Lipinski definition) is 2. The Balaban J connectivity index is 2.19. The predicted octanol–water partition coefficient (Wildman–Crippen LogP) is 1.39. The third kappa shape index (κ3) is 2.45. The van der Waals surface area contributed by atoms with Crippen molar-refractivity contribution in [3.8, 4) is 0 Å². The van der Waals surface area contributed by atoms with Gasteiger partial charge in [0.05, 0.1) is 5.52 Å². The van der Waals surface area contributed by atoms with Crippen molar-refractivity contribution in [2.45, 2.75) is 6.42 Å². The molecular formula is C12H14FN3O. The van der Waals surface area contributed by atoms with E-state index in [1.807, 2.05) is 0 Å². The number of nitrogens with one attached hydrogen (secondary N) is 2. The van der Waals surface area contributed by atoms with Gasteiger partial charge >= 0.3 is 0 Å². The number of carbonyl (C=O) groups excluding carboxylic acids is 1. The second-order valence-corrected chi connectivity index (χ2v) is 3.79. The average molecular weight is 235 g/mol. The minimum atomic E-state index is -0.358. The van der Waals surface area contributed by atoms with Crippen LogP contribution >= 0.6 is 0 Å². The summed E-state index contributed by atoms with van der Waals surface area (Å²) in [6.07, 6.45) is 0.723. The summed E-state index contributed by atoms with van der Waals surface area (Å²) in [6.45, 7) is 1.05. The number of nitrogens with two attached hydrogens (primary N) is 1. The molecule has 5 heteroatoms. The highest BCUT2D eigenvalue weighted by molar-refractivity contribution is 5.98. The van der Waals surface area contributed by atoms with E-state index in [0.29, 0.717) is 29.7 Å². The molecule has 0 bridgehead atoms. The van der Waals surface area contributed by atoms with Gasteiger partial charge < -0.3 is 16.0 Å². The quantitative estimate of drug-likeness (QED) is 0.701. The van der Waals surface area contributed by atoms with Crippen LogP contribution in [0.2, 0.25) is 0 Å². The summed E-state index contributed by atoms with van der Waals surface area (Å²) in [5.41, 5.74) is 6.05. The average Bonchev–Trinajstić information content (AvgIpc) is 2.75. The maximum atomic E-state index is 13.4. The number of aromatic nitrogens is 1. The van der Waals surface area contributed by atoms with Crippen LogP contribution in [0.25, 0.3) is 10.9 Å². The number of amides is 1.